The minimum atomic E-state index is -4.60. The molecule has 0 aliphatic heterocycles. The van der Waals surface area contributed by atoms with Gasteiger partial charge in [-0.2, -0.15) is 17.9 Å². The third-order valence-electron chi connectivity index (χ3n) is 3.21. The van der Waals surface area contributed by atoms with Crippen LogP contribution in [0.1, 0.15) is 18.4 Å². The fraction of sp³-hybridized carbons (Fsp3) is 0.455. The van der Waals surface area contributed by atoms with E-state index in [2.05, 4.69) is 15.9 Å². The summed E-state index contributed by atoms with van der Waals surface area (Å²) in [7, 11) is -4.28. The van der Waals surface area contributed by atoms with Gasteiger partial charge in [-0.1, -0.05) is 0 Å². The number of hydrogen-bond acceptors (Lipinski definition) is 3. The summed E-state index contributed by atoms with van der Waals surface area (Å²) < 4.78 is 65.0. The second-order valence-electron chi connectivity index (χ2n) is 4.82. The molecule has 1 aliphatic carbocycles. The van der Waals surface area contributed by atoms with Gasteiger partial charge in [-0.05, 0) is 53.4 Å². The van der Waals surface area contributed by atoms with Crippen molar-refractivity contribution in [3.8, 4) is 0 Å². The Morgan fingerprint density at radius 1 is 1.35 bits per heavy atom. The second-order valence-corrected chi connectivity index (χ2v) is 7.33. The minimum Gasteiger partial charge on any atom is -0.398 e. The van der Waals surface area contributed by atoms with Gasteiger partial charge in [0, 0.05) is 10.2 Å². The highest BCUT2D eigenvalue weighted by Gasteiger charge is 2.65. The Labute approximate surface area is 122 Å². The van der Waals surface area contributed by atoms with Gasteiger partial charge in [0.05, 0.1) is 4.90 Å². The molecule has 0 atom stereocenters. The molecule has 0 bridgehead atoms. The maximum absolute atomic E-state index is 12.8. The number of benzene rings is 1. The van der Waals surface area contributed by atoms with Crippen molar-refractivity contribution in [2.45, 2.75) is 36.4 Å². The molecule has 0 spiro atoms. The number of rotatable bonds is 3. The van der Waals surface area contributed by atoms with E-state index in [1.807, 2.05) is 0 Å². The quantitative estimate of drug-likeness (QED) is 0.801. The van der Waals surface area contributed by atoms with E-state index in [4.69, 9.17) is 5.73 Å². The number of nitrogen functional groups attached to an aromatic ring is 1. The number of nitrogens with two attached hydrogens (primary N) is 1. The zero-order valence-electron chi connectivity index (χ0n) is 10.4. The summed E-state index contributed by atoms with van der Waals surface area (Å²) in [5, 5.41) is 0. The summed E-state index contributed by atoms with van der Waals surface area (Å²) in [6.45, 7) is 1.49. The first kappa shape index (κ1) is 15.6. The van der Waals surface area contributed by atoms with E-state index in [0.29, 0.717) is 10.0 Å². The average molecular weight is 373 g/mol. The number of halogens is 4. The van der Waals surface area contributed by atoms with Gasteiger partial charge < -0.3 is 5.73 Å². The fourth-order valence-corrected chi connectivity index (χ4v) is 4.01. The topological polar surface area (TPSA) is 72.2 Å². The van der Waals surface area contributed by atoms with Crippen LogP contribution in [0.15, 0.2) is 21.5 Å². The second kappa shape index (κ2) is 4.60. The van der Waals surface area contributed by atoms with Gasteiger partial charge in [-0.25, -0.2) is 8.42 Å². The number of aryl methyl sites for hydroxylation is 1. The third kappa shape index (κ3) is 2.66. The smallest absolute Gasteiger partial charge is 0.398 e. The predicted molar refractivity (Wildman–Crippen MR) is 71.6 cm³/mol. The van der Waals surface area contributed by atoms with Gasteiger partial charge >= 0.3 is 6.18 Å². The summed E-state index contributed by atoms with van der Waals surface area (Å²) in [4.78, 5) is -0.242. The van der Waals surface area contributed by atoms with Gasteiger partial charge in [0.25, 0.3) is 0 Å². The Bertz CT molecular complexity index is 654. The lowest BCUT2D eigenvalue weighted by molar-refractivity contribution is -0.160. The first-order valence-electron chi connectivity index (χ1n) is 5.65. The summed E-state index contributed by atoms with van der Waals surface area (Å²) in [5.74, 6) is 0. The largest absolute Gasteiger partial charge is 0.407 e. The third-order valence-corrected chi connectivity index (χ3v) is 5.57. The molecule has 1 aromatic carbocycles. The standard InChI is InChI=1S/C11H12BrF3N2O2S/c1-6-4-7(12)8(16)5-9(6)20(18,19)17-10(2-3-10)11(13,14)15/h4-5,17H,2-3,16H2,1H3. The molecule has 4 nitrogen and oxygen atoms in total. The van der Waals surface area contributed by atoms with Crippen LogP contribution in [0.2, 0.25) is 0 Å². The molecule has 0 heterocycles. The summed E-state index contributed by atoms with van der Waals surface area (Å²) >= 11 is 3.13. The highest BCUT2D eigenvalue weighted by molar-refractivity contribution is 9.10. The highest BCUT2D eigenvalue weighted by Crippen LogP contribution is 2.49. The van der Waals surface area contributed by atoms with E-state index in [-0.39, 0.29) is 23.4 Å². The lowest BCUT2D eigenvalue weighted by Gasteiger charge is -2.21. The molecule has 1 aliphatic rings. The number of alkyl halides is 3. The van der Waals surface area contributed by atoms with Crippen molar-refractivity contribution >= 4 is 31.6 Å². The van der Waals surface area contributed by atoms with Crippen molar-refractivity contribution in [1.82, 2.24) is 4.72 Å². The lowest BCUT2D eigenvalue weighted by Crippen LogP contribution is -2.47. The first-order valence-corrected chi connectivity index (χ1v) is 7.92. The van der Waals surface area contributed by atoms with Gasteiger partial charge in [-0.15, -0.1) is 0 Å². The van der Waals surface area contributed by atoms with Crippen LogP contribution >= 0.6 is 15.9 Å². The van der Waals surface area contributed by atoms with Crippen LogP contribution in [0.4, 0.5) is 18.9 Å². The van der Waals surface area contributed by atoms with Crippen LogP contribution in [0.3, 0.4) is 0 Å². The Morgan fingerprint density at radius 2 is 1.90 bits per heavy atom. The van der Waals surface area contributed by atoms with Crippen molar-refractivity contribution in [2.24, 2.45) is 0 Å². The van der Waals surface area contributed by atoms with E-state index < -0.39 is 21.7 Å². The van der Waals surface area contributed by atoms with Gasteiger partial charge in [0.1, 0.15) is 5.54 Å². The van der Waals surface area contributed by atoms with Crippen LogP contribution in [0.5, 0.6) is 0 Å². The van der Waals surface area contributed by atoms with Gasteiger partial charge in [0.2, 0.25) is 10.0 Å². The molecule has 0 aromatic heterocycles. The SMILES string of the molecule is Cc1cc(Br)c(N)cc1S(=O)(=O)NC1(C(F)(F)F)CC1. The van der Waals surface area contributed by atoms with Crippen molar-refractivity contribution in [2.75, 3.05) is 5.73 Å². The molecule has 0 amide bonds. The van der Waals surface area contributed by atoms with Crippen molar-refractivity contribution in [3.05, 3.63) is 22.2 Å². The van der Waals surface area contributed by atoms with E-state index in [1.165, 1.54) is 13.0 Å². The van der Waals surface area contributed by atoms with Crippen LogP contribution in [0.25, 0.3) is 0 Å². The fourth-order valence-electron chi connectivity index (χ4n) is 1.84. The molecule has 1 aromatic rings. The minimum absolute atomic E-state index is 0.146. The highest BCUT2D eigenvalue weighted by atomic mass is 79.9. The molecule has 9 heteroatoms. The molecule has 3 N–H and O–H groups in total. The number of anilines is 1. The van der Waals surface area contributed by atoms with E-state index in [9.17, 15) is 21.6 Å². The van der Waals surface area contributed by atoms with Gasteiger partial charge in [-0.3, -0.25) is 0 Å². The molecule has 112 valence electrons. The van der Waals surface area contributed by atoms with Crippen molar-refractivity contribution < 1.29 is 21.6 Å². The van der Waals surface area contributed by atoms with E-state index >= 15 is 0 Å². The summed E-state index contributed by atoms with van der Waals surface area (Å²) in [6, 6.07) is 2.60. The predicted octanol–water partition coefficient (Wildman–Crippen LogP) is 2.71. The molecule has 0 radical (unpaired) electrons. The molecule has 0 unspecified atom stereocenters. The number of hydrogen-bond donors (Lipinski definition) is 2. The average Bonchev–Trinajstić information content (AvgIpc) is 3.02. The van der Waals surface area contributed by atoms with Crippen LogP contribution in [-0.2, 0) is 10.0 Å². The molecule has 0 saturated heterocycles. The molecule has 1 saturated carbocycles. The molecule has 2 rings (SSSR count). The van der Waals surface area contributed by atoms with Crippen LogP contribution < -0.4 is 10.5 Å². The summed E-state index contributed by atoms with van der Waals surface area (Å²) in [6.07, 6.45) is -5.10. The van der Waals surface area contributed by atoms with E-state index in [1.54, 1.807) is 4.72 Å². The normalized spacial score (nSPS) is 18.1. The summed E-state index contributed by atoms with van der Waals surface area (Å²) in [5.41, 5.74) is 3.72. The monoisotopic (exact) mass is 372 g/mol. The lowest BCUT2D eigenvalue weighted by atomic mass is 10.2. The molecule has 20 heavy (non-hydrogen) atoms. The Hall–Kier alpha value is -0.800. The maximum Gasteiger partial charge on any atom is 0.407 e. The Balaban J connectivity index is 2.40. The zero-order chi connectivity index (χ0) is 15.3. The van der Waals surface area contributed by atoms with Crippen molar-refractivity contribution in [3.63, 3.8) is 0 Å². The Morgan fingerprint density at radius 3 is 2.35 bits per heavy atom. The number of sulfonamides is 1. The van der Waals surface area contributed by atoms with Crippen molar-refractivity contribution in [1.29, 1.82) is 0 Å². The van der Waals surface area contributed by atoms with Crippen LogP contribution in [0, 0.1) is 6.92 Å². The Kier molecular flexibility index (Phi) is 3.59. The van der Waals surface area contributed by atoms with Gasteiger partial charge in [0.15, 0.2) is 0 Å². The molecular weight excluding hydrogens is 361 g/mol. The maximum atomic E-state index is 12.8. The van der Waals surface area contributed by atoms with E-state index in [0.717, 1.165) is 6.07 Å². The van der Waals surface area contributed by atoms with Crippen LogP contribution in [-0.4, -0.2) is 20.1 Å². The number of nitrogens with one attached hydrogen (secondary N) is 1. The zero-order valence-corrected chi connectivity index (χ0v) is 12.8. The molecular formula is C11H12BrF3N2O2S. The first-order chi connectivity index (χ1) is 8.98. The molecule has 1 fully saturated rings.